The molecule has 7 nitrogen and oxygen atoms in total. The van der Waals surface area contributed by atoms with Gasteiger partial charge in [0, 0.05) is 25.6 Å². The van der Waals surface area contributed by atoms with Crippen LogP contribution in [0.2, 0.25) is 25.7 Å². The number of fused-ring (bicyclic) bond motifs is 1. The highest BCUT2D eigenvalue weighted by Gasteiger charge is 2.24. The van der Waals surface area contributed by atoms with Gasteiger partial charge in [0.25, 0.3) is 0 Å². The summed E-state index contributed by atoms with van der Waals surface area (Å²) in [5.74, 6) is 0.862. The summed E-state index contributed by atoms with van der Waals surface area (Å²) in [4.78, 5) is 0. The van der Waals surface area contributed by atoms with Gasteiger partial charge in [-0.25, -0.2) is 9.36 Å². The molecule has 5 rings (SSSR count). The average molecular weight is 491 g/mol. The first kappa shape index (κ1) is 23.8. The Bertz CT molecular complexity index is 1330. The van der Waals surface area contributed by atoms with Gasteiger partial charge < -0.3 is 14.6 Å². The number of aromatic nitrogens is 4. The van der Waals surface area contributed by atoms with Crippen molar-refractivity contribution < 1.29 is 14.6 Å². The molecule has 0 unspecified atom stereocenters. The fraction of sp³-hybridized carbons (Fsp3) is 0.407. The van der Waals surface area contributed by atoms with Gasteiger partial charge in [0.15, 0.2) is 0 Å². The van der Waals surface area contributed by atoms with Crippen molar-refractivity contribution in [2.75, 3.05) is 6.61 Å². The zero-order valence-corrected chi connectivity index (χ0v) is 22.0. The van der Waals surface area contributed by atoms with E-state index in [4.69, 9.17) is 19.7 Å². The molecule has 0 spiro atoms. The summed E-state index contributed by atoms with van der Waals surface area (Å²) >= 11 is 0. The maximum atomic E-state index is 9.87. The van der Waals surface area contributed by atoms with Gasteiger partial charge in [-0.3, -0.25) is 0 Å². The predicted octanol–water partition coefficient (Wildman–Crippen LogP) is 5.54. The first-order valence-corrected chi connectivity index (χ1v) is 16.0. The van der Waals surface area contributed by atoms with Crippen LogP contribution in [0.15, 0.2) is 48.5 Å². The standard InChI is InChI=1S/C27H34N4O3Si/c1-19-27-24(30(28-19)18-33-13-14-35(2,3)4)9-6-10-25(27)31-26(16-21(17-32)29-31)20-7-5-8-23(15-20)34-22-11-12-22/h5-10,15-16,22,32H,11-14,17-18H2,1-4H3. The molecule has 0 aliphatic heterocycles. The molecule has 0 saturated heterocycles. The highest BCUT2D eigenvalue weighted by molar-refractivity contribution is 6.76. The minimum atomic E-state index is -1.14. The Morgan fingerprint density at radius 3 is 2.60 bits per heavy atom. The molecule has 0 bridgehead atoms. The summed E-state index contributed by atoms with van der Waals surface area (Å²) in [6, 6.07) is 17.3. The Morgan fingerprint density at radius 1 is 1.06 bits per heavy atom. The molecule has 35 heavy (non-hydrogen) atoms. The van der Waals surface area contributed by atoms with Crippen LogP contribution in [0.3, 0.4) is 0 Å². The van der Waals surface area contributed by atoms with Gasteiger partial charge in [-0.15, -0.1) is 0 Å². The number of ether oxygens (including phenoxy) is 2. The van der Waals surface area contributed by atoms with Crippen LogP contribution in [0.5, 0.6) is 5.75 Å². The molecule has 184 valence electrons. The van der Waals surface area contributed by atoms with Crippen molar-refractivity contribution in [3.05, 3.63) is 59.9 Å². The first-order valence-electron chi connectivity index (χ1n) is 12.3. The maximum absolute atomic E-state index is 9.87. The predicted molar refractivity (Wildman–Crippen MR) is 141 cm³/mol. The molecule has 0 amide bonds. The van der Waals surface area contributed by atoms with Crippen molar-refractivity contribution in [3.8, 4) is 22.7 Å². The van der Waals surface area contributed by atoms with Crippen molar-refractivity contribution in [3.63, 3.8) is 0 Å². The van der Waals surface area contributed by atoms with E-state index >= 15 is 0 Å². The highest BCUT2D eigenvalue weighted by atomic mass is 28.3. The zero-order valence-electron chi connectivity index (χ0n) is 21.0. The fourth-order valence-corrected chi connectivity index (χ4v) is 4.96. The lowest BCUT2D eigenvalue weighted by atomic mass is 10.1. The van der Waals surface area contributed by atoms with E-state index in [1.54, 1.807) is 0 Å². The molecule has 1 saturated carbocycles. The lowest BCUT2D eigenvalue weighted by Crippen LogP contribution is -2.22. The van der Waals surface area contributed by atoms with E-state index in [2.05, 4.69) is 43.9 Å². The second-order valence-electron chi connectivity index (χ2n) is 10.5. The summed E-state index contributed by atoms with van der Waals surface area (Å²) in [5.41, 5.74) is 5.36. The van der Waals surface area contributed by atoms with Crippen LogP contribution in [0, 0.1) is 6.92 Å². The number of hydrogen-bond acceptors (Lipinski definition) is 5. The normalized spacial score (nSPS) is 14.1. The van der Waals surface area contributed by atoms with Gasteiger partial charge in [0.1, 0.15) is 12.5 Å². The van der Waals surface area contributed by atoms with E-state index in [1.165, 1.54) is 0 Å². The maximum Gasteiger partial charge on any atom is 0.140 e. The SMILES string of the molecule is Cc1nn(COCC[Si](C)(C)C)c2cccc(-n3nc(CO)cc3-c3cccc(OC4CC4)c3)c12. The Hall–Kier alpha value is -2.94. The molecule has 0 atom stereocenters. The fourth-order valence-electron chi connectivity index (χ4n) is 4.21. The second-order valence-corrected chi connectivity index (χ2v) is 16.2. The van der Waals surface area contributed by atoms with Crippen molar-refractivity contribution in [1.82, 2.24) is 19.6 Å². The summed E-state index contributed by atoms with van der Waals surface area (Å²) in [6.45, 7) is 10.1. The topological polar surface area (TPSA) is 74.3 Å². The van der Waals surface area contributed by atoms with Crippen LogP contribution < -0.4 is 4.74 Å². The summed E-state index contributed by atoms with van der Waals surface area (Å²) in [5, 5.41) is 20.4. The third kappa shape index (κ3) is 5.34. The molecule has 2 heterocycles. The third-order valence-electron chi connectivity index (χ3n) is 6.25. The molecular formula is C27H34N4O3Si. The molecule has 1 N–H and O–H groups in total. The quantitative estimate of drug-likeness (QED) is 0.233. The minimum Gasteiger partial charge on any atom is -0.490 e. The van der Waals surface area contributed by atoms with E-state index in [1.807, 2.05) is 40.6 Å². The number of aryl methyl sites for hydroxylation is 1. The van der Waals surface area contributed by atoms with Crippen LogP contribution in [0.25, 0.3) is 27.8 Å². The van der Waals surface area contributed by atoms with Crippen molar-refractivity contribution >= 4 is 19.0 Å². The summed E-state index contributed by atoms with van der Waals surface area (Å²) in [7, 11) is -1.14. The van der Waals surface area contributed by atoms with E-state index in [0.717, 1.165) is 64.8 Å². The number of aliphatic hydroxyl groups is 1. The van der Waals surface area contributed by atoms with Gasteiger partial charge >= 0.3 is 0 Å². The van der Waals surface area contributed by atoms with Crippen molar-refractivity contribution in [2.24, 2.45) is 0 Å². The van der Waals surface area contributed by atoms with E-state index in [0.29, 0.717) is 18.5 Å². The number of hydrogen-bond donors (Lipinski definition) is 1. The average Bonchev–Trinajstić information content (AvgIpc) is 3.43. The molecule has 1 fully saturated rings. The lowest BCUT2D eigenvalue weighted by Gasteiger charge is -2.15. The van der Waals surface area contributed by atoms with Crippen LogP contribution in [-0.2, 0) is 18.1 Å². The lowest BCUT2D eigenvalue weighted by molar-refractivity contribution is 0.0815. The Morgan fingerprint density at radius 2 is 1.86 bits per heavy atom. The van der Waals surface area contributed by atoms with Crippen LogP contribution >= 0.6 is 0 Å². The van der Waals surface area contributed by atoms with E-state index in [-0.39, 0.29) is 6.61 Å². The van der Waals surface area contributed by atoms with Crippen molar-refractivity contribution in [2.45, 2.75) is 64.9 Å². The molecule has 0 radical (unpaired) electrons. The highest BCUT2D eigenvalue weighted by Crippen LogP contribution is 2.33. The molecule has 2 aromatic heterocycles. The minimum absolute atomic E-state index is 0.128. The van der Waals surface area contributed by atoms with Gasteiger partial charge in [0.2, 0.25) is 0 Å². The van der Waals surface area contributed by atoms with Gasteiger partial charge in [-0.1, -0.05) is 37.8 Å². The molecule has 8 heteroatoms. The number of rotatable bonds is 10. The van der Waals surface area contributed by atoms with Gasteiger partial charge in [-0.2, -0.15) is 10.2 Å². The smallest absolute Gasteiger partial charge is 0.140 e. The van der Waals surface area contributed by atoms with E-state index in [9.17, 15) is 5.11 Å². The number of nitrogens with zero attached hydrogens (tertiary/aromatic N) is 4. The Labute approximate surface area is 207 Å². The number of benzene rings is 2. The van der Waals surface area contributed by atoms with Crippen LogP contribution in [0.4, 0.5) is 0 Å². The molecule has 2 aromatic carbocycles. The largest absolute Gasteiger partial charge is 0.490 e. The molecular weight excluding hydrogens is 456 g/mol. The van der Waals surface area contributed by atoms with Crippen LogP contribution in [-0.4, -0.2) is 45.5 Å². The first-order chi connectivity index (χ1) is 16.8. The molecule has 4 aromatic rings. The Balaban J connectivity index is 1.51. The van der Waals surface area contributed by atoms with Gasteiger partial charge in [-0.05, 0) is 56.1 Å². The summed E-state index contributed by atoms with van der Waals surface area (Å²) in [6.07, 6.45) is 2.56. The second kappa shape index (κ2) is 9.60. The van der Waals surface area contributed by atoms with Gasteiger partial charge in [0.05, 0.1) is 41.0 Å². The van der Waals surface area contributed by atoms with Crippen molar-refractivity contribution in [1.29, 1.82) is 0 Å². The number of aliphatic hydroxyl groups excluding tert-OH is 1. The molecule has 1 aliphatic rings. The third-order valence-corrected chi connectivity index (χ3v) is 7.95. The monoisotopic (exact) mass is 490 g/mol. The van der Waals surface area contributed by atoms with E-state index < -0.39 is 8.07 Å². The zero-order chi connectivity index (χ0) is 24.6. The van der Waals surface area contributed by atoms with Crippen LogP contribution in [0.1, 0.15) is 24.2 Å². The Kier molecular flexibility index (Phi) is 6.52. The summed E-state index contributed by atoms with van der Waals surface area (Å²) < 4.78 is 15.9. The molecule has 1 aliphatic carbocycles.